The summed E-state index contributed by atoms with van der Waals surface area (Å²) >= 11 is 0. The molecule has 1 aromatic heterocycles. The van der Waals surface area contributed by atoms with Crippen LogP contribution in [0.15, 0.2) is 24.8 Å². The van der Waals surface area contributed by atoms with Crippen molar-refractivity contribution in [2.75, 3.05) is 6.73 Å². The molecule has 0 radical (unpaired) electrons. The van der Waals surface area contributed by atoms with E-state index in [1.165, 1.54) is 12.1 Å². The van der Waals surface area contributed by atoms with E-state index in [2.05, 4.69) is 22.1 Å². The van der Waals surface area contributed by atoms with Crippen molar-refractivity contribution >= 4 is 5.91 Å². The van der Waals surface area contributed by atoms with Gasteiger partial charge in [0.25, 0.3) is 0 Å². The van der Waals surface area contributed by atoms with Crippen LogP contribution >= 0.6 is 0 Å². The second-order valence-corrected chi connectivity index (χ2v) is 2.26. The van der Waals surface area contributed by atoms with Crippen LogP contribution < -0.4 is 10.1 Å². The molecule has 0 aliphatic rings. The lowest BCUT2D eigenvalue weighted by molar-refractivity contribution is -0.117. The number of nitrogens with zero attached hydrogens (tertiary/aromatic N) is 2. The molecule has 0 aromatic carbocycles. The van der Waals surface area contributed by atoms with E-state index < -0.39 is 0 Å². The Balaban J connectivity index is 2.35. The SMILES string of the molecule is C=CC(=O)NCOc1ccc(O)nn1. The molecule has 0 unspecified atom stereocenters. The van der Waals surface area contributed by atoms with E-state index in [0.29, 0.717) is 0 Å². The van der Waals surface area contributed by atoms with Crippen molar-refractivity contribution in [3.05, 3.63) is 24.8 Å². The summed E-state index contributed by atoms with van der Waals surface area (Å²) in [7, 11) is 0. The van der Waals surface area contributed by atoms with E-state index in [4.69, 9.17) is 9.84 Å². The second-order valence-electron chi connectivity index (χ2n) is 2.26. The van der Waals surface area contributed by atoms with Crippen LogP contribution in [0.1, 0.15) is 0 Å². The molecule has 0 fully saturated rings. The van der Waals surface area contributed by atoms with Crippen LogP contribution in [0.4, 0.5) is 0 Å². The average Bonchev–Trinajstić information content (AvgIpc) is 2.21. The molecule has 2 N–H and O–H groups in total. The van der Waals surface area contributed by atoms with Crippen molar-refractivity contribution in [1.82, 2.24) is 15.5 Å². The molecule has 1 rings (SSSR count). The number of carbonyl (C=O) groups excluding carboxylic acids is 1. The van der Waals surface area contributed by atoms with E-state index in [1.54, 1.807) is 0 Å². The Morgan fingerprint density at radius 3 is 3.00 bits per heavy atom. The van der Waals surface area contributed by atoms with Gasteiger partial charge in [0.2, 0.25) is 17.7 Å². The molecule has 14 heavy (non-hydrogen) atoms. The molecule has 0 atom stereocenters. The van der Waals surface area contributed by atoms with E-state index in [-0.39, 0.29) is 24.4 Å². The third kappa shape index (κ3) is 3.10. The minimum absolute atomic E-state index is 0.0235. The largest absolute Gasteiger partial charge is 0.492 e. The minimum Gasteiger partial charge on any atom is -0.492 e. The Bertz CT molecular complexity index is 323. The maximum Gasteiger partial charge on any atom is 0.245 e. The molecule has 1 heterocycles. The van der Waals surface area contributed by atoms with Crippen molar-refractivity contribution in [3.63, 3.8) is 0 Å². The van der Waals surface area contributed by atoms with Crippen LogP contribution in [-0.2, 0) is 4.79 Å². The summed E-state index contributed by atoms with van der Waals surface area (Å²) in [5.74, 6) is -0.309. The highest BCUT2D eigenvalue weighted by atomic mass is 16.5. The lowest BCUT2D eigenvalue weighted by atomic mass is 10.5. The van der Waals surface area contributed by atoms with Gasteiger partial charge in [-0.1, -0.05) is 6.58 Å². The molecule has 0 spiro atoms. The number of hydrogen-bond donors (Lipinski definition) is 2. The number of rotatable bonds is 4. The Kier molecular flexibility index (Phi) is 3.42. The maximum atomic E-state index is 10.7. The monoisotopic (exact) mass is 195 g/mol. The molecular weight excluding hydrogens is 186 g/mol. The first-order chi connectivity index (χ1) is 6.72. The van der Waals surface area contributed by atoms with E-state index in [0.717, 1.165) is 6.08 Å². The Morgan fingerprint density at radius 1 is 1.64 bits per heavy atom. The molecule has 1 amide bonds. The molecule has 1 aromatic rings. The first-order valence-electron chi connectivity index (χ1n) is 3.78. The van der Waals surface area contributed by atoms with Crippen LogP contribution in [0, 0.1) is 0 Å². The van der Waals surface area contributed by atoms with E-state index in [1.807, 2.05) is 0 Å². The minimum atomic E-state index is -0.336. The van der Waals surface area contributed by atoms with Gasteiger partial charge >= 0.3 is 0 Å². The van der Waals surface area contributed by atoms with E-state index in [9.17, 15) is 4.79 Å². The van der Waals surface area contributed by atoms with Gasteiger partial charge in [-0.15, -0.1) is 10.2 Å². The molecular formula is C8H9N3O3. The summed E-state index contributed by atoms with van der Waals surface area (Å²) in [4.78, 5) is 10.7. The van der Waals surface area contributed by atoms with Crippen molar-refractivity contribution in [2.45, 2.75) is 0 Å². The topological polar surface area (TPSA) is 84.3 Å². The number of carbonyl (C=O) groups is 1. The fraction of sp³-hybridized carbons (Fsp3) is 0.125. The lowest BCUT2D eigenvalue weighted by Gasteiger charge is -2.03. The highest BCUT2D eigenvalue weighted by molar-refractivity contribution is 5.86. The maximum absolute atomic E-state index is 10.7. The molecule has 0 saturated heterocycles. The van der Waals surface area contributed by atoms with Crippen LogP contribution in [-0.4, -0.2) is 27.9 Å². The number of aromatic nitrogens is 2. The van der Waals surface area contributed by atoms with Crippen molar-refractivity contribution < 1.29 is 14.6 Å². The summed E-state index contributed by atoms with van der Waals surface area (Å²) in [5.41, 5.74) is 0. The summed E-state index contributed by atoms with van der Waals surface area (Å²) in [6.07, 6.45) is 1.13. The van der Waals surface area contributed by atoms with Crippen molar-refractivity contribution in [3.8, 4) is 11.8 Å². The van der Waals surface area contributed by atoms with Crippen molar-refractivity contribution in [1.29, 1.82) is 0 Å². The molecule has 0 aliphatic carbocycles. The highest BCUT2D eigenvalue weighted by Crippen LogP contribution is 2.07. The normalized spacial score (nSPS) is 9.14. The number of aromatic hydroxyl groups is 1. The first-order valence-corrected chi connectivity index (χ1v) is 3.78. The number of amides is 1. The average molecular weight is 195 g/mol. The number of hydrogen-bond acceptors (Lipinski definition) is 5. The third-order valence-electron chi connectivity index (χ3n) is 1.28. The summed E-state index contributed by atoms with van der Waals surface area (Å²) < 4.78 is 4.97. The fourth-order valence-corrected chi connectivity index (χ4v) is 0.643. The highest BCUT2D eigenvalue weighted by Gasteiger charge is 1.97. The lowest BCUT2D eigenvalue weighted by Crippen LogP contribution is -2.25. The first kappa shape index (κ1) is 9.97. The van der Waals surface area contributed by atoms with Crippen molar-refractivity contribution in [2.24, 2.45) is 0 Å². The quantitative estimate of drug-likeness (QED) is 0.514. The summed E-state index contributed by atoms with van der Waals surface area (Å²) in [6, 6.07) is 2.76. The van der Waals surface area contributed by atoms with Gasteiger partial charge in [0, 0.05) is 12.1 Å². The van der Waals surface area contributed by atoms with Crippen LogP contribution in [0.2, 0.25) is 0 Å². The molecule has 74 valence electrons. The zero-order valence-electron chi connectivity index (χ0n) is 7.30. The molecule has 0 aliphatic heterocycles. The predicted molar refractivity (Wildman–Crippen MR) is 47.5 cm³/mol. The van der Waals surface area contributed by atoms with Gasteiger partial charge in [0.1, 0.15) is 0 Å². The van der Waals surface area contributed by atoms with Gasteiger partial charge in [-0.2, -0.15) is 0 Å². The fourth-order valence-electron chi connectivity index (χ4n) is 0.643. The van der Waals surface area contributed by atoms with Crippen LogP contribution in [0.3, 0.4) is 0 Å². The Hall–Kier alpha value is -2.11. The molecule has 0 saturated carbocycles. The van der Waals surface area contributed by atoms with E-state index >= 15 is 0 Å². The number of nitrogens with one attached hydrogen (secondary N) is 1. The smallest absolute Gasteiger partial charge is 0.245 e. The van der Waals surface area contributed by atoms with Gasteiger partial charge < -0.3 is 15.2 Å². The zero-order valence-corrected chi connectivity index (χ0v) is 7.30. The van der Waals surface area contributed by atoms with Gasteiger partial charge in [-0.05, 0) is 6.08 Å². The van der Waals surface area contributed by atoms with Crippen LogP contribution in [0.25, 0.3) is 0 Å². The third-order valence-corrected chi connectivity index (χ3v) is 1.28. The standard InChI is InChI=1S/C8H9N3O3/c1-2-6(12)9-5-14-8-4-3-7(13)10-11-8/h2-4H,1,5H2,(H,9,12)(H,10,13). The Morgan fingerprint density at radius 2 is 2.43 bits per heavy atom. The van der Waals surface area contributed by atoms with Gasteiger partial charge in [-0.3, -0.25) is 4.79 Å². The molecule has 0 bridgehead atoms. The summed E-state index contributed by atoms with van der Waals surface area (Å²) in [6.45, 7) is 3.25. The number of ether oxygens (including phenoxy) is 1. The van der Waals surface area contributed by atoms with Gasteiger partial charge in [-0.25, -0.2) is 0 Å². The van der Waals surface area contributed by atoms with Gasteiger partial charge in [0.05, 0.1) is 0 Å². The summed E-state index contributed by atoms with van der Waals surface area (Å²) in [5, 5.41) is 18.0. The Labute approximate surface area is 80.2 Å². The van der Waals surface area contributed by atoms with Gasteiger partial charge in [0.15, 0.2) is 6.73 Å². The second kappa shape index (κ2) is 4.80. The molecule has 6 heteroatoms. The van der Waals surface area contributed by atoms with Crippen LogP contribution in [0.5, 0.6) is 11.8 Å². The predicted octanol–water partition coefficient (Wildman–Crippen LogP) is -0.179. The zero-order chi connectivity index (χ0) is 10.4. The molecule has 6 nitrogen and oxygen atoms in total.